The molecule has 34 heavy (non-hydrogen) atoms. The van der Waals surface area contributed by atoms with Crippen molar-refractivity contribution in [3.63, 3.8) is 0 Å². The first-order valence-corrected chi connectivity index (χ1v) is 12.5. The van der Waals surface area contributed by atoms with Gasteiger partial charge in [-0.1, -0.05) is 42.8 Å². The van der Waals surface area contributed by atoms with E-state index in [1.165, 1.54) is 18.7 Å². The number of thioether (sulfide) groups is 1. The van der Waals surface area contributed by atoms with Gasteiger partial charge in [-0.2, -0.15) is 0 Å². The van der Waals surface area contributed by atoms with Crippen molar-refractivity contribution in [1.29, 1.82) is 0 Å². The van der Waals surface area contributed by atoms with Crippen LogP contribution in [-0.4, -0.2) is 72.4 Å². The summed E-state index contributed by atoms with van der Waals surface area (Å²) in [6.45, 7) is 3.10. The number of ether oxygens (including phenoxy) is 2. The van der Waals surface area contributed by atoms with E-state index in [-0.39, 0.29) is 18.6 Å². The average Bonchev–Trinajstić information content (AvgIpc) is 3.47. The first-order valence-electron chi connectivity index (χ1n) is 11.6. The molecule has 0 radical (unpaired) electrons. The molecule has 1 amide bonds. The molecule has 1 aliphatic heterocycles. The van der Waals surface area contributed by atoms with Crippen molar-refractivity contribution in [3.05, 3.63) is 35.7 Å². The maximum Gasteiger partial charge on any atom is 0.217 e. The monoisotopic (exact) mass is 492 g/mol. The van der Waals surface area contributed by atoms with E-state index in [1.54, 1.807) is 0 Å². The Labute approximate surface area is 202 Å². The highest BCUT2D eigenvalue weighted by Gasteiger charge is 2.46. The van der Waals surface area contributed by atoms with Crippen molar-refractivity contribution in [2.45, 2.75) is 87.1 Å². The Morgan fingerprint density at radius 1 is 1.24 bits per heavy atom. The van der Waals surface area contributed by atoms with Crippen molar-refractivity contribution < 1.29 is 29.6 Å². The van der Waals surface area contributed by atoms with Crippen LogP contribution in [0.5, 0.6) is 5.75 Å². The molecular weight excluding hydrogens is 460 g/mol. The lowest BCUT2D eigenvalue weighted by Crippen LogP contribution is -2.63. The third kappa shape index (κ3) is 5.38. The molecule has 0 bridgehead atoms. The van der Waals surface area contributed by atoms with E-state index in [2.05, 4.69) is 20.1 Å². The lowest BCUT2D eigenvalue weighted by Gasteiger charge is -2.42. The highest BCUT2D eigenvalue weighted by atomic mass is 32.2. The van der Waals surface area contributed by atoms with E-state index in [0.29, 0.717) is 11.0 Å². The first-order chi connectivity index (χ1) is 16.4. The van der Waals surface area contributed by atoms with Crippen LogP contribution < -0.4 is 10.1 Å². The summed E-state index contributed by atoms with van der Waals surface area (Å²) in [4.78, 5) is 11.8. The SMILES string of the molecule is CC(=O)N[C@@H]1[C@@H](O)[C@H](O)[C@@H](CO)O[C@H]1Sc1nnc(COc2ccccc2C)n1C1CCCC1. The second-order valence-corrected chi connectivity index (χ2v) is 9.88. The standard InChI is InChI=1S/C23H32N4O6S/c1-13-7-3-6-10-16(13)32-12-18-25-26-23(27(18)15-8-4-5-9-15)34-22-19(24-14(2)29)21(31)20(30)17(11-28)33-22/h3,6-7,10,15,17,19-22,28,30-31H,4-5,8-9,11-12H2,1-2H3,(H,24,29)/t17-,19-,20-,21-,22+/m1/s1. The molecule has 2 aliphatic rings. The number of para-hydroxylation sites is 1. The van der Waals surface area contributed by atoms with Gasteiger partial charge in [0.15, 0.2) is 11.0 Å². The van der Waals surface area contributed by atoms with Gasteiger partial charge in [-0.25, -0.2) is 0 Å². The van der Waals surface area contributed by atoms with Crippen LogP contribution in [0.2, 0.25) is 0 Å². The number of nitrogens with one attached hydrogen (secondary N) is 1. The Morgan fingerprint density at radius 3 is 2.65 bits per heavy atom. The zero-order valence-electron chi connectivity index (χ0n) is 19.3. The van der Waals surface area contributed by atoms with E-state index in [0.717, 1.165) is 37.0 Å². The maximum atomic E-state index is 11.8. The molecule has 2 heterocycles. The number of hydrogen-bond acceptors (Lipinski definition) is 9. The number of aromatic nitrogens is 3. The van der Waals surface area contributed by atoms with Crippen LogP contribution in [0.1, 0.15) is 50.0 Å². The molecule has 11 heteroatoms. The van der Waals surface area contributed by atoms with Crippen molar-refractivity contribution >= 4 is 17.7 Å². The summed E-state index contributed by atoms with van der Waals surface area (Å²) in [5.74, 6) is 1.10. The fraction of sp³-hybridized carbons (Fsp3) is 0.609. The number of hydrogen-bond donors (Lipinski definition) is 4. The Kier molecular flexibility index (Phi) is 8.10. The average molecular weight is 493 g/mol. The van der Waals surface area contributed by atoms with Crippen LogP contribution in [0.4, 0.5) is 0 Å². The number of amides is 1. The summed E-state index contributed by atoms with van der Waals surface area (Å²) in [6, 6.07) is 7.10. The summed E-state index contributed by atoms with van der Waals surface area (Å²) >= 11 is 1.21. The summed E-state index contributed by atoms with van der Waals surface area (Å²) in [5, 5.41) is 42.6. The van der Waals surface area contributed by atoms with Crippen molar-refractivity contribution in [2.24, 2.45) is 0 Å². The van der Waals surface area contributed by atoms with Gasteiger partial charge in [0.05, 0.1) is 12.6 Å². The minimum Gasteiger partial charge on any atom is -0.485 e. The van der Waals surface area contributed by atoms with Crippen molar-refractivity contribution in [2.75, 3.05) is 6.61 Å². The topological polar surface area (TPSA) is 139 Å². The van der Waals surface area contributed by atoms with Gasteiger partial charge in [-0.3, -0.25) is 9.36 Å². The van der Waals surface area contributed by atoms with Gasteiger partial charge < -0.3 is 30.1 Å². The molecule has 2 aromatic rings. The van der Waals surface area contributed by atoms with Gasteiger partial charge in [0, 0.05) is 13.0 Å². The molecule has 1 saturated heterocycles. The van der Waals surface area contributed by atoms with Crippen LogP contribution in [-0.2, 0) is 16.1 Å². The van der Waals surface area contributed by atoms with Gasteiger partial charge in [-0.05, 0) is 31.4 Å². The number of benzene rings is 1. The van der Waals surface area contributed by atoms with E-state index in [4.69, 9.17) is 9.47 Å². The molecule has 5 atom stereocenters. The van der Waals surface area contributed by atoms with Gasteiger partial charge in [0.2, 0.25) is 5.91 Å². The fourth-order valence-corrected chi connectivity index (χ4v) is 5.79. The first kappa shape index (κ1) is 24.9. The number of aliphatic hydroxyl groups is 3. The Balaban J connectivity index is 1.59. The second kappa shape index (κ2) is 11.0. The minimum absolute atomic E-state index is 0.208. The molecule has 1 saturated carbocycles. The van der Waals surface area contributed by atoms with Gasteiger partial charge in [0.1, 0.15) is 36.1 Å². The summed E-state index contributed by atoms with van der Waals surface area (Å²) in [6.07, 6.45) is 0.579. The largest absolute Gasteiger partial charge is 0.485 e. The molecular formula is C23H32N4O6S. The molecule has 10 nitrogen and oxygen atoms in total. The molecule has 4 N–H and O–H groups in total. The molecule has 1 aromatic carbocycles. The number of carbonyl (C=O) groups excluding carboxylic acids is 1. The molecule has 186 valence electrons. The highest BCUT2D eigenvalue weighted by molar-refractivity contribution is 7.99. The Morgan fingerprint density at radius 2 is 1.97 bits per heavy atom. The molecule has 2 fully saturated rings. The zero-order chi connectivity index (χ0) is 24.2. The third-order valence-electron chi connectivity index (χ3n) is 6.35. The Hall–Kier alpha value is -2.18. The molecule has 0 unspecified atom stereocenters. The van der Waals surface area contributed by atoms with E-state index < -0.39 is 36.4 Å². The van der Waals surface area contributed by atoms with Crippen LogP contribution in [0.15, 0.2) is 29.4 Å². The van der Waals surface area contributed by atoms with Gasteiger partial charge >= 0.3 is 0 Å². The predicted octanol–water partition coefficient (Wildman–Crippen LogP) is 1.32. The van der Waals surface area contributed by atoms with Gasteiger partial charge in [-0.15, -0.1) is 10.2 Å². The van der Waals surface area contributed by atoms with E-state index >= 15 is 0 Å². The third-order valence-corrected chi connectivity index (χ3v) is 7.47. The van der Waals surface area contributed by atoms with Crippen LogP contribution in [0.3, 0.4) is 0 Å². The number of aliphatic hydroxyl groups excluding tert-OH is 3. The highest BCUT2D eigenvalue weighted by Crippen LogP contribution is 2.38. The van der Waals surface area contributed by atoms with Crippen molar-refractivity contribution in [3.8, 4) is 5.75 Å². The quantitative estimate of drug-likeness (QED) is 0.430. The van der Waals surface area contributed by atoms with Crippen LogP contribution in [0.25, 0.3) is 0 Å². The summed E-state index contributed by atoms with van der Waals surface area (Å²) < 4.78 is 14.0. The number of aryl methyl sites for hydroxylation is 1. The minimum atomic E-state index is -1.33. The van der Waals surface area contributed by atoms with Gasteiger partial charge in [0.25, 0.3) is 0 Å². The lowest BCUT2D eigenvalue weighted by molar-refractivity contribution is -0.173. The summed E-state index contributed by atoms with van der Waals surface area (Å²) in [5.41, 5.74) is 0.245. The van der Waals surface area contributed by atoms with Crippen LogP contribution >= 0.6 is 11.8 Å². The zero-order valence-corrected chi connectivity index (χ0v) is 20.1. The van der Waals surface area contributed by atoms with E-state index in [1.807, 2.05) is 31.2 Å². The number of rotatable bonds is 8. The maximum absolute atomic E-state index is 11.8. The lowest BCUT2D eigenvalue weighted by atomic mass is 9.98. The Bertz CT molecular complexity index is 982. The molecule has 0 spiro atoms. The normalized spacial score (nSPS) is 27.6. The number of carbonyl (C=O) groups is 1. The molecule has 4 rings (SSSR count). The molecule has 1 aromatic heterocycles. The second-order valence-electron chi connectivity index (χ2n) is 8.81. The fourth-order valence-electron chi connectivity index (χ4n) is 4.55. The van der Waals surface area contributed by atoms with Crippen LogP contribution in [0, 0.1) is 6.92 Å². The van der Waals surface area contributed by atoms with Crippen molar-refractivity contribution in [1.82, 2.24) is 20.1 Å². The summed E-state index contributed by atoms with van der Waals surface area (Å²) in [7, 11) is 0. The van der Waals surface area contributed by atoms with E-state index in [9.17, 15) is 20.1 Å². The molecule has 1 aliphatic carbocycles. The smallest absolute Gasteiger partial charge is 0.217 e. The number of nitrogens with zero attached hydrogens (tertiary/aromatic N) is 3. The predicted molar refractivity (Wildman–Crippen MR) is 124 cm³/mol.